The molecule has 3 amide bonds. The summed E-state index contributed by atoms with van der Waals surface area (Å²) in [6.07, 6.45) is 0.870. The van der Waals surface area contributed by atoms with Crippen molar-refractivity contribution >= 4 is 63.2 Å². The first-order valence-corrected chi connectivity index (χ1v) is 13.8. The lowest BCUT2D eigenvalue weighted by molar-refractivity contribution is -0.128. The van der Waals surface area contributed by atoms with Gasteiger partial charge in [-0.25, -0.2) is 9.89 Å². The van der Waals surface area contributed by atoms with Crippen molar-refractivity contribution in [2.24, 2.45) is 9.98 Å². The Bertz CT molecular complexity index is 1380. The number of carbonyl (C=O) groups excluding carboxylic acids is 3. The predicted octanol–water partition coefficient (Wildman–Crippen LogP) is 4.35. The van der Waals surface area contributed by atoms with Gasteiger partial charge in [0, 0.05) is 16.1 Å². The standard InChI is InChI=1S/C27H25N5O3S2/c1-2-17-9-11-18(12-10-17)29-24(34)16-37-27-31-21-8-4-3-7-20(21)25-30-22(26(35)32(25)27)14-23(33)28-15-19-6-5-13-36-19/h3-13,22H,2,14-16H2,1H3,(H,28,33)(H,29,34)/t22-/m0/s1. The smallest absolute Gasteiger partial charge is 0.259 e. The fourth-order valence-electron chi connectivity index (χ4n) is 4.03. The molecule has 3 heterocycles. The van der Waals surface area contributed by atoms with Crippen molar-refractivity contribution in [1.82, 2.24) is 10.2 Å². The van der Waals surface area contributed by atoms with Crippen molar-refractivity contribution in [3.63, 3.8) is 0 Å². The van der Waals surface area contributed by atoms with E-state index in [0.717, 1.165) is 16.9 Å². The number of hydrogen-bond acceptors (Lipinski definition) is 7. The molecule has 0 aliphatic carbocycles. The number of fused-ring (bicyclic) bond motifs is 3. The Morgan fingerprint density at radius 1 is 1.05 bits per heavy atom. The van der Waals surface area contributed by atoms with E-state index in [-0.39, 0.29) is 29.9 Å². The molecule has 2 aliphatic heterocycles. The fraction of sp³-hybridized carbons (Fsp3) is 0.222. The van der Waals surface area contributed by atoms with Crippen LogP contribution in [-0.2, 0) is 27.3 Å². The number of hydrogen-bond donors (Lipinski definition) is 2. The SMILES string of the molecule is CCc1ccc(NC(=O)CSC2=Nc3ccccc3C3=N[C@@H](CC(=O)NCc4cccs4)C(=O)N23)cc1. The lowest BCUT2D eigenvalue weighted by atomic mass is 10.1. The molecular formula is C27H25N5O3S2. The van der Waals surface area contributed by atoms with Crippen LogP contribution in [-0.4, -0.2) is 45.4 Å². The summed E-state index contributed by atoms with van der Waals surface area (Å²) in [7, 11) is 0. The van der Waals surface area contributed by atoms with Gasteiger partial charge in [-0.1, -0.05) is 49.0 Å². The largest absolute Gasteiger partial charge is 0.351 e. The van der Waals surface area contributed by atoms with Crippen molar-refractivity contribution in [3.05, 3.63) is 82.0 Å². The van der Waals surface area contributed by atoms with Crippen molar-refractivity contribution in [1.29, 1.82) is 0 Å². The molecule has 0 saturated carbocycles. The Labute approximate surface area is 222 Å². The van der Waals surface area contributed by atoms with E-state index in [4.69, 9.17) is 0 Å². The zero-order valence-corrected chi connectivity index (χ0v) is 21.8. The summed E-state index contributed by atoms with van der Waals surface area (Å²) < 4.78 is 0. The van der Waals surface area contributed by atoms with Crippen LogP contribution < -0.4 is 10.6 Å². The molecule has 1 atom stereocenters. The summed E-state index contributed by atoms with van der Waals surface area (Å²) in [5.41, 5.74) is 3.30. The number of carbonyl (C=O) groups is 3. The summed E-state index contributed by atoms with van der Waals surface area (Å²) in [4.78, 5) is 50.3. The van der Waals surface area contributed by atoms with E-state index >= 15 is 0 Å². The molecule has 0 saturated heterocycles. The molecule has 8 nitrogen and oxygen atoms in total. The van der Waals surface area contributed by atoms with Crippen LogP contribution in [0.5, 0.6) is 0 Å². The molecule has 0 unspecified atom stereocenters. The fourth-order valence-corrected chi connectivity index (χ4v) is 5.47. The van der Waals surface area contributed by atoms with Gasteiger partial charge in [0.1, 0.15) is 11.9 Å². The number of thiophene rings is 1. The van der Waals surface area contributed by atoms with Gasteiger partial charge < -0.3 is 10.6 Å². The highest BCUT2D eigenvalue weighted by atomic mass is 32.2. The van der Waals surface area contributed by atoms with Gasteiger partial charge in [0.05, 0.1) is 24.4 Å². The first-order valence-electron chi connectivity index (χ1n) is 11.9. The average Bonchev–Trinajstić information content (AvgIpc) is 3.55. The van der Waals surface area contributed by atoms with Crippen LogP contribution in [0.4, 0.5) is 11.4 Å². The normalized spacial score (nSPS) is 16.0. The average molecular weight is 532 g/mol. The van der Waals surface area contributed by atoms with Gasteiger partial charge in [-0.15, -0.1) is 11.3 Å². The van der Waals surface area contributed by atoms with Gasteiger partial charge in [-0.2, -0.15) is 0 Å². The molecular weight excluding hydrogens is 506 g/mol. The maximum atomic E-state index is 13.4. The molecule has 2 aliphatic rings. The van der Waals surface area contributed by atoms with Gasteiger partial charge >= 0.3 is 0 Å². The Hall–Kier alpha value is -3.76. The van der Waals surface area contributed by atoms with Crippen molar-refractivity contribution in [3.8, 4) is 0 Å². The zero-order chi connectivity index (χ0) is 25.8. The number of rotatable bonds is 8. The Morgan fingerprint density at radius 2 is 1.86 bits per heavy atom. The lowest BCUT2D eigenvalue weighted by Crippen LogP contribution is -2.42. The second kappa shape index (κ2) is 11.1. The number of thioether (sulfide) groups is 1. The summed E-state index contributed by atoms with van der Waals surface area (Å²) in [6.45, 7) is 2.49. The summed E-state index contributed by atoms with van der Waals surface area (Å²) >= 11 is 2.73. The van der Waals surface area contributed by atoms with Gasteiger partial charge in [0.25, 0.3) is 5.91 Å². The van der Waals surface area contributed by atoms with E-state index in [1.807, 2.05) is 66.0 Å². The molecule has 2 aromatic carbocycles. The maximum Gasteiger partial charge on any atom is 0.259 e. The topological polar surface area (TPSA) is 103 Å². The van der Waals surface area contributed by atoms with Crippen LogP contribution in [0, 0.1) is 0 Å². The number of nitrogens with one attached hydrogen (secondary N) is 2. The van der Waals surface area contributed by atoms with Crippen LogP contribution in [0.1, 0.15) is 29.3 Å². The Kier molecular flexibility index (Phi) is 7.47. The number of amides is 3. The first-order chi connectivity index (χ1) is 18.0. The number of nitrogens with zero attached hydrogens (tertiary/aromatic N) is 3. The molecule has 0 bridgehead atoms. The van der Waals surface area contributed by atoms with Crippen LogP contribution in [0.25, 0.3) is 0 Å². The first kappa shape index (κ1) is 24.9. The van der Waals surface area contributed by atoms with Gasteiger partial charge in [0.15, 0.2) is 5.17 Å². The van der Waals surface area contributed by atoms with Crippen LogP contribution >= 0.6 is 23.1 Å². The van der Waals surface area contributed by atoms with E-state index < -0.39 is 6.04 Å². The molecule has 1 aromatic heterocycles. The number of para-hydroxylation sites is 1. The second-order valence-electron chi connectivity index (χ2n) is 8.50. The number of anilines is 1. The molecule has 188 valence electrons. The molecule has 3 aromatic rings. The third-order valence-electron chi connectivity index (χ3n) is 5.94. The lowest BCUT2D eigenvalue weighted by Gasteiger charge is -2.25. The molecule has 5 rings (SSSR count). The molecule has 0 spiro atoms. The van der Waals surface area contributed by atoms with E-state index in [2.05, 4.69) is 27.5 Å². The minimum Gasteiger partial charge on any atom is -0.351 e. The predicted molar refractivity (Wildman–Crippen MR) is 148 cm³/mol. The Balaban J connectivity index is 1.27. The number of amidine groups is 2. The number of aliphatic imine (C=N–C) groups is 2. The highest BCUT2D eigenvalue weighted by Crippen LogP contribution is 2.34. The van der Waals surface area contributed by atoms with Crippen LogP contribution in [0.3, 0.4) is 0 Å². The van der Waals surface area contributed by atoms with Crippen molar-refractivity contribution in [2.45, 2.75) is 32.4 Å². The zero-order valence-electron chi connectivity index (χ0n) is 20.1. The minimum absolute atomic E-state index is 0.0570. The van der Waals surface area contributed by atoms with Crippen LogP contribution in [0.2, 0.25) is 0 Å². The summed E-state index contributed by atoms with van der Waals surface area (Å²) in [5, 5.41) is 8.06. The van der Waals surface area contributed by atoms with E-state index in [9.17, 15) is 14.4 Å². The van der Waals surface area contributed by atoms with E-state index in [0.29, 0.717) is 28.9 Å². The van der Waals surface area contributed by atoms with Gasteiger partial charge in [-0.05, 0) is 47.7 Å². The quantitative estimate of drug-likeness (QED) is 0.451. The summed E-state index contributed by atoms with van der Waals surface area (Å²) in [5.74, 6) is -0.240. The highest BCUT2D eigenvalue weighted by Gasteiger charge is 2.42. The maximum absolute atomic E-state index is 13.4. The van der Waals surface area contributed by atoms with E-state index in [1.54, 1.807) is 11.3 Å². The Morgan fingerprint density at radius 3 is 2.62 bits per heavy atom. The molecule has 2 N–H and O–H groups in total. The summed E-state index contributed by atoms with van der Waals surface area (Å²) in [6, 6.07) is 18.1. The van der Waals surface area contributed by atoms with Gasteiger partial charge in [-0.3, -0.25) is 19.4 Å². The highest BCUT2D eigenvalue weighted by molar-refractivity contribution is 8.14. The number of benzene rings is 2. The second-order valence-corrected chi connectivity index (χ2v) is 10.5. The monoisotopic (exact) mass is 531 g/mol. The third kappa shape index (κ3) is 5.65. The minimum atomic E-state index is -0.846. The van der Waals surface area contributed by atoms with Crippen molar-refractivity contribution < 1.29 is 14.4 Å². The van der Waals surface area contributed by atoms with E-state index in [1.165, 1.54) is 22.2 Å². The molecule has 10 heteroatoms. The van der Waals surface area contributed by atoms with Crippen molar-refractivity contribution in [2.75, 3.05) is 11.1 Å². The molecule has 0 fully saturated rings. The molecule has 37 heavy (non-hydrogen) atoms. The van der Waals surface area contributed by atoms with Crippen LogP contribution in [0.15, 0.2) is 76.0 Å². The molecule has 0 radical (unpaired) electrons. The number of aryl methyl sites for hydroxylation is 1. The van der Waals surface area contributed by atoms with Gasteiger partial charge in [0.2, 0.25) is 11.8 Å². The third-order valence-corrected chi connectivity index (χ3v) is 7.76.